The van der Waals surface area contributed by atoms with Gasteiger partial charge in [-0.05, 0) is 56.6 Å². The number of benzene rings is 2. The van der Waals surface area contributed by atoms with E-state index in [0.29, 0.717) is 16.9 Å². The third-order valence-electron chi connectivity index (χ3n) is 8.46. The van der Waals surface area contributed by atoms with Crippen LogP contribution >= 0.6 is 0 Å². The van der Waals surface area contributed by atoms with Crippen molar-refractivity contribution < 1.29 is 39.6 Å². The van der Waals surface area contributed by atoms with Crippen LogP contribution in [0.1, 0.15) is 22.3 Å². The number of nitrogens with zero attached hydrogens (tertiary/aromatic N) is 2. The number of likely N-dealkylation sites (N-methyl/N-ethyl adjacent to an activating group) is 1. The fourth-order valence-corrected chi connectivity index (χ4v) is 6.60. The van der Waals surface area contributed by atoms with E-state index in [1.165, 1.54) is 11.0 Å². The van der Waals surface area contributed by atoms with Gasteiger partial charge in [-0.25, -0.2) is 4.79 Å². The minimum absolute atomic E-state index is 0.0289. The molecule has 0 fully saturated rings. The Bertz CT molecular complexity index is 1630. The number of rotatable bonds is 5. The summed E-state index contributed by atoms with van der Waals surface area (Å²) in [6.45, 7) is 0. The van der Waals surface area contributed by atoms with Gasteiger partial charge >= 0.3 is 6.03 Å². The van der Waals surface area contributed by atoms with Gasteiger partial charge in [0.2, 0.25) is 5.78 Å². The highest BCUT2D eigenvalue weighted by Gasteiger charge is 2.63. The van der Waals surface area contributed by atoms with E-state index in [-0.39, 0.29) is 29.7 Å². The smallest absolute Gasteiger partial charge is 0.323 e. The molecule has 8 N–H and O–H groups in total. The van der Waals surface area contributed by atoms with Gasteiger partial charge in [-0.1, -0.05) is 18.2 Å². The number of hydrogen-bond acceptors (Lipinski definition) is 10. The number of nitrogens with two attached hydrogens (primary N) is 1. The molecular weight excluding hydrogens is 558 g/mol. The summed E-state index contributed by atoms with van der Waals surface area (Å²) in [6, 6.07) is 8.35. The van der Waals surface area contributed by atoms with Gasteiger partial charge < -0.3 is 41.7 Å². The topological polar surface area (TPSA) is 206 Å². The molecule has 43 heavy (non-hydrogen) atoms. The molecular formula is C30H33N5O8. The molecule has 0 heterocycles. The van der Waals surface area contributed by atoms with E-state index in [2.05, 4.69) is 10.6 Å². The Morgan fingerprint density at radius 3 is 2.26 bits per heavy atom. The first-order valence-corrected chi connectivity index (χ1v) is 13.5. The van der Waals surface area contributed by atoms with Crippen LogP contribution in [0.3, 0.4) is 0 Å². The number of phenolic OH excluding ortho intramolecular Hbond substituents is 1. The number of nitrogens with one attached hydrogen (secondary N) is 2. The third kappa shape index (κ3) is 4.48. The minimum atomic E-state index is -2.74. The quantitative estimate of drug-likeness (QED) is 0.198. The summed E-state index contributed by atoms with van der Waals surface area (Å²) in [5, 5.41) is 50.7. The highest BCUT2D eigenvalue weighted by molar-refractivity contribution is 6.25. The van der Waals surface area contributed by atoms with Crippen LogP contribution in [0.4, 0.5) is 21.9 Å². The van der Waals surface area contributed by atoms with Crippen molar-refractivity contribution >= 4 is 40.6 Å². The maximum Gasteiger partial charge on any atom is 0.323 e. The number of urea groups is 1. The number of Topliss-reactive ketones (excluding diaryl/α,β-unsaturated/α-hetero) is 2. The number of hydrogen-bond donors (Lipinski definition) is 7. The molecule has 3 amide bonds. The lowest BCUT2D eigenvalue weighted by molar-refractivity contribution is -0.148. The molecule has 0 saturated heterocycles. The zero-order chi connectivity index (χ0) is 31.5. The number of phenols is 1. The van der Waals surface area contributed by atoms with Crippen LogP contribution in [0.15, 0.2) is 59.1 Å². The maximum atomic E-state index is 14.1. The first-order valence-electron chi connectivity index (χ1n) is 13.5. The van der Waals surface area contributed by atoms with E-state index in [1.54, 1.807) is 63.4 Å². The molecule has 3 aliphatic rings. The summed E-state index contributed by atoms with van der Waals surface area (Å²) >= 11 is 0. The van der Waals surface area contributed by atoms with Gasteiger partial charge in [0.15, 0.2) is 17.1 Å². The second-order valence-corrected chi connectivity index (χ2v) is 11.4. The van der Waals surface area contributed by atoms with Gasteiger partial charge in [0.1, 0.15) is 17.1 Å². The van der Waals surface area contributed by atoms with Gasteiger partial charge in [-0.3, -0.25) is 19.3 Å². The van der Waals surface area contributed by atoms with Crippen LogP contribution in [0.5, 0.6) is 5.75 Å². The van der Waals surface area contributed by atoms with E-state index < -0.39 is 69.8 Å². The summed E-state index contributed by atoms with van der Waals surface area (Å²) in [4.78, 5) is 55.7. The molecule has 0 aromatic heterocycles. The lowest BCUT2D eigenvalue weighted by atomic mass is 9.58. The van der Waals surface area contributed by atoms with Gasteiger partial charge in [-0.15, -0.1) is 0 Å². The van der Waals surface area contributed by atoms with Gasteiger partial charge in [0, 0.05) is 37.0 Å². The van der Waals surface area contributed by atoms with Crippen molar-refractivity contribution in [2.45, 2.75) is 24.5 Å². The van der Waals surface area contributed by atoms with Crippen molar-refractivity contribution in [3.8, 4) is 5.75 Å². The zero-order valence-corrected chi connectivity index (χ0v) is 24.0. The number of carbonyl (C=O) groups excluding carboxylic acids is 4. The number of aliphatic hydroxyl groups is 3. The van der Waals surface area contributed by atoms with Crippen molar-refractivity contribution in [2.24, 2.45) is 17.6 Å². The van der Waals surface area contributed by atoms with Gasteiger partial charge in [0.25, 0.3) is 5.91 Å². The van der Waals surface area contributed by atoms with Crippen molar-refractivity contribution in [1.82, 2.24) is 4.90 Å². The second-order valence-electron chi connectivity index (χ2n) is 11.4. The Labute approximate surface area is 246 Å². The molecule has 0 aliphatic heterocycles. The molecule has 0 bridgehead atoms. The van der Waals surface area contributed by atoms with Crippen LogP contribution in [-0.4, -0.2) is 88.7 Å². The molecule has 0 saturated carbocycles. The minimum Gasteiger partial charge on any atom is -0.510 e. The molecule has 13 heteroatoms. The molecule has 4 atom stereocenters. The molecule has 0 unspecified atom stereocenters. The number of ketones is 2. The number of aliphatic hydroxyl groups excluding tert-OH is 2. The molecule has 5 rings (SSSR count). The third-order valence-corrected chi connectivity index (χ3v) is 8.46. The number of aromatic hydroxyl groups is 1. The molecule has 13 nitrogen and oxygen atoms in total. The number of allylic oxidation sites excluding steroid dienone is 1. The highest BCUT2D eigenvalue weighted by atomic mass is 16.3. The summed E-state index contributed by atoms with van der Waals surface area (Å²) in [5.41, 5.74) is 2.64. The first kappa shape index (κ1) is 29.6. The highest BCUT2D eigenvalue weighted by Crippen LogP contribution is 2.53. The average Bonchev–Trinajstić information content (AvgIpc) is 2.92. The van der Waals surface area contributed by atoms with E-state index in [4.69, 9.17) is 5.73 Å². The Hall–Kier alpha value is -4.88. The van der Waals surface area contributed by atoms with Crippen LogP contribution < -0.4 is 21.3 Å². The standard InChI is InChI=1S/C30H33N5O8/c1-34(2)18-12-17(33-29(42)32-14-8-6-5-7-9-14)23(36)20-15(18)10-13-11-16-22(35(3)4)25(38)21(28(31)41)27(40)30(16,43)26(39)19(13)24(20)37/h5-9,12-13,16,22,36,38-39,43H,10-11H2,1-4H3,(H2,31,41)(H2,32,33,42)/t13-,16-,22-,30+/m0/s1. The second kappa shape index (κ2) is 10.4. The van der Waals surface area contributed by atoms with E-state index in [0.717, 1.165) is 0 Å². The lowest BCUT2D eigenvalue weighted by Crippen LogP contribution is -2.63. The Balaban J connectivity index is 1.63. The Kier molecular flexibility index (Phi) is 7.19. The fourth-order valence-electron chi connectivity index (χ4n) is 6.60. The van der Waals surface area contributed by atoms with Crippen LogP contribution in [-0.2, 0) is 16.0 Å². The van der Waals surface area contributed by atoms with Gasteiger partial charge in [-0.2, -0.15) is 0 Å². The molecule has 3 aliphatic carbocycles. The molecule has 2 aromatic rings. The predicted octanol–water partition coefficient (Wildman–Crippen LogP) is 1.83. The monoisotopic (exact) mass is 591 g/mol. The lowest BCUT2D eigenvalue weighted by Gasteiger charge is -2.50. The largest absolute Gasteiger partial charge is 0.510 e. The molecule has 0 spiro atoms. The molecule has 2 aromatic carbocycles. The van der Waals surface area contributed by atoms with E-state index in [9.17, 15) is 39.6 Å². The number of carbonyl (C=O) groups is 4. The summed E-state index contributed by atoms with van der Waals surface area (Å²) in [7, 11) is 6.59. The SMILES string of the molecule is CN(C)c1cc(NC(=O)Nc2ccccc2)c(O)c2c1C[C@H]1C[C@H]3[C@H](N(C)C)C(O)=C(C(N)=O)C(=O)[C@]3(O)C(O)=C1C2=O. The summed E-state index contributed by atoms with van der Waals surface area (Å²) < 4.78 is 0. The average molecular weight is 592 g/mol. The Morgan fingerprint density at radius 1 is 1.02 bits per heavy atom. The zero-order valence-electron chi connectivity index (χ0n) is 24.0. The van der Waals surface area contributed by atoms with Crippen molar-refractivity contribution in [1.29, 1.82) is 0 Å². The number of amides is 3. The van der Waals surface area contributed by atoms with Crippen LogP contribution in [0.25, 0.3) is 0 Å². The van der Waals surface area contributed by atoms with Crippen molar-refractivity contribution in [3.05, 3.63) is 70.2 Å². The maximum absolute atomic E-state index is 14.1. The normalized spacial score (nSPS) is 24.7. The first-order chi connectivity index (χ1) is 20.2. The predicted molar refractivity (Wildman–Crippen MR) is 157 cm³/mol. The van der Waals surface area contributed by atoms with Crippen LogP contribution in [0.2, 0.25) is 0 Å². The molecule has 0 radical (unpaired) electrons. The number of para-hydroxylation sites is 1. The van der Waals surface area contributed by atoms with E-state index in [1.807, 2.05) is 0 Å². The van der Waals surface area contributed by atoms with Crippen molar-refractivity contribution in [2.75, 3.05) is 43.7 Å². The molecule has 226 valence electrons. The van der Waals surface area contributed by atoms with E-state index >= 15 is 0 Å². The number of fused-ring (bicyclic) bond motifs is 3. The van der Waals surface area contributed by atoms with Crippen LogP contribution in [0, 0.1) is 11.8 Å². The van der Waals surface area contributed by atoms with Crippen molar-refractivity contribution in [3.63, 3.8) is 0 Å². The fraction of sp³-hybridized carbons (Fsp3) is 0.333. The number of primary amides is 1. The summed E-state index contributed by atoms with van der Waals surface area (Å²) in [6.07, 6.45) is 0.0883. The van der Waals surface area contributed by atoms with Gasteiger partial charge in [0.05, 0.1) is 17.3 Å². The summed E-state index contributed by atoms with van der Waals surface area (Å²) in [5.74, 6) is -7.45. The Morgan fingerprint density at radius 2 is 1.67 bits per heavy atom. The number of anilines is 3.